The molecular weight excluding hydrogens is 271 g/mol. The highest BCUT2D eigenvalue weighted by molar-refractivity contribution is 6.10. The van der Waals surface area contributed by atoms with Gasteiger partial charge in [0.05, 0.1) is 18.8 Å². The van der Waals surface area contributed by atoms with Gasteiger partial charge in [-0.15, -0.1) is 0 Å². The van der Waals surface area contributed by atoms with E-state index in [-0.39, 0.29) is 17.6 Å². The van der Waals surface area contributed by atoms with Crippen molar-refractivity contribution in [2.24, 2.45) is 0 Å². The zero-order valence-corrected chi connectivity index (χ0v) is 12.2. The molecule has 0 aliphatic rings. The van der Waals surface area contributed by atoms with Crippen molar-refractivity contribution >= 4 is 5.78 Å². The number of hydrogen-bond donors (Lipinski definition) is 0. The van der Waals surface area contributed by atoms with Gasteiger partial charge in [-0.25, -0.2) is 4.39 Å². The second-order valence-electron chi connectivity index (χ2n) is 4.84. The highest BCUT2D eigenvalue weighted by Crippen LogP contribution is 2.25. The normalized spacial score (nSPS) is 10.5. The monoisotopic (exact) mass is 288 g/mol. The van der Waals surface area contributed by atoms with E-state index < -0.39 is 5.82 Å². The Balaban J connectivity index is 2.40. The lowest BCUT2D eigenvalue weighted by atomic mass is 10.0. The zero-order valence-electron chi connectivity index (χ0n) is 12.2. The molecule has 0 saturated carbocycles. The van der Waals surface area contributed by atoms with E-state index in [1.165, 1.54) is 25.3 Å². The Morgan fingerprint density at radius 3 is 2.48 bits per heavy atom. The van der Waals surface area contributed by atoms with Crippen LogP contribution in [0.25, 0.3) is 0 Å². The van der Waals surface area contributed by atoms with Gasteiger partial charge < -0.3 is 9.47 Å². The van der Waals surface area contributed by atoms with Gasteiger partial charge in [-0.1, -0.05) is 12.1 Å². The molecule has 0 heterocycles. The van der Waals surface area contributed by atoms with E-state index in [1.54, 1.807) is 24.3 Å². The maximum absolute atomic E-state index is 13.4. The van der Waals surface area contributed by atoms with Gasteiger partial charge in [-0.2, -0.15) is 0 Å². The van der Waals surface area contributed by atoms with Crippen molar-refractivity contribution in [2.75, 3.05) is 7.11 Å². The molecule has 0 fully saturated rings. The molecule has 2 aromatic rings. The molecule has 21 heavy (non-hydrogen) atoms. The molecule has 0 atom stereocenters. The minimum atomic E-state index is -0.499. The highest BCUT2D eigenvalue weighted by atomic mass is 19.1. The van der Waals surface area contributed by atoms with Gasteiger partial charge in [0.2, 0.25) is 0 Å². The third kappa shape index (κ3) is 3.40. The smallest absolute Gasteiger partial charge is 0.196 e. The molecule has 0 saturated heterocycles. The fourth-order valence-electron chi connectivity index (χ4n) is 1.97. The maximum atomic E-state index is 13.4. The molecule has 0 bridgehead atoms. The van der Waals surface area contributed by atoms with E-state index in [2.05, 4.69) is 0 Å². The Morgan fingerprint density at radius 1 is 1.10 bits per heavy atom. The van der Waals surface area contributed by atoms with Crippen LogP contribution >= 0.6 is 0 Å². The molecule has 110 valence electrons. The standard InChI is InChI=1S/C17H17FO3/c1-11(2)21-15-7-5-4-6-13(15)17(19)12-8-9-14(18)16(10-12)20-3/h4-11H,1-3H3. The molecule has 2 aromatic carbocycles. The molecule has 0 aromatic heterocycles. The van der Waals surface area contributed by atoms with E-state index in [4.69, 9.17) is 9.47 Å². The van der Waals surface area contributed by atoms with Gasteiger partial charge in [0, 0.05) is 5.56 Å². The first-order valence-electron chi connectivity index (χ1n) is 6.67. The number of benzene rings is 2. The second kappa shape index (κ2) is 6.39. The Kier molecular flexibility index (Phi) is 4.58. The van der Waals surface area contributed by atoms with E-state index in [9.17, 15) is 9.18 Å². The number of ether oxygens (including phenoxy) is 2. The molecule has 0 radical (unpaired) electrons. The molecule has 0 aliphatic carbocycles. The van der Waals surface area contributed by atoms with Gasteiger partial charge in [0.15, 0.2) is 17.3 Å². The molecule has 0 aliphatic heterocycles. The molecule has 2 rings (SSSR count). The summed E-state index contributed by atoms with van der Waals surface area (Å²) in [5.41, 5.74) is 0.799. The number of rotatable bonds is 5. The summed E-state index contributed by atoms with van der Waals surface area (Å²) < 4.78 is 24.0. The number of halogens is 1. The topological polar surface area (TPSA) is 35.5 Å². The number of methoxy groups -OCH3 is 1. The van der Waals surface area contributed by atoms with E-state index in [0.717, 1.165) is 0 Å². The minimum Gasteiger partial charge on any atom is -0.494 e. The minimum absolute atomic E-state index is 0.0401. The lowest BCUT2D eigenvalue weighted by Crippen LogP contribution is -2.10. The lowest BCUT2D eigenvalue weighted by molar-refractivity contribution is 0.103. The van der Waals surface area contributed by atoms with Crippen LogP contribution in [0, 0.1) is 5.82 Å². The third-order valence-electron chi connectivity index (χ3n) is 2.91. The number of ketones is 1. The molecule has 0 spiro atoms. The summed E-state index contributed by atoms with van der Waals surface area (Å²) in [6.07, 6.45) is -0.0401. The SMILES string of the molecule is COc1cc(C(=O)c2ccccc2OC(C)C)ccc1F. The highest BCUT2D eigenvalue weighted by Gasteiger charge is 2.17. The Bertz CT molecular complexity index is 650. The first-order valence-corrected chi connectivity index (χ1v) is 6.67. The van der Waals surface area contributed by atoms with Crippen LogP contribution in [0.5, 0.6) is 11.5 Å². The van der Waals surface area contributed by atoms with Crippen molar-refractivity contribution < 1.29 is 18.7 Å². The molecular formula is C17H17FO3. The van der Waals surface area contributed by atoms with Gasteiger partial charge >= 0.3 is 0 Å². The van der Waals surface area contributed by atoms with Crippen LogP contribution in [0.4, 0.5) is 4.39 Å². The summed E-state index contributed by atoms with van der Waals surface area (Å²) in [6.45, 7) is 3.78. The summed E-state index contributed by atoms with van der Waals surface area (Å²) in [7, 11) is 1.36. The van der Waals surface area contributed by atoms with Gasteiger partial charge in [0.1, 0.15) is 5.75 Å². The Morgan fingerprint density at radius 2 is 1.81 bits per heavy atom. The summed E-state index contributed by atoms with van der Waals surface area (Å²) in [5.74, 6) is -0.172. The van der Waals surface area contributed by atoms with Crippen LogP contribution in [0.1, 0.15) is 29.8 Å². The second-order valence-corrected chi connectivity index (χ2v) is 4.84. The van der Waals surface area contributed by atoms with Crippen LogP contribution in [-0.4, -0.2) is 19.0 Å². The first kappa shape index (κ1) is 15.0. The molecule has 0 amide bonds. The average Bonchev–Trinajstić information content (AvgIpc) is 2.47. The van der Waals surface area contributed by atoms with Crippen molar-refractivity contribution in [1.29, 1.82) is 0 Å². The van der Waals surface area contributed by atoms with Gasteiger partial charge in [-0.05, 0) is 44.2 Å². The predicted molar refractivity (Wildman–Crippen MR) is 78.6 cm³/mol. The molecule has 3 nitrogen and oxygen atoms in total. The Labute approximate surface area is 123 Å². The van der Waals surface area contributed by atoms with Crippen LogP contribution in [0.3, 0.4) is 0 Å². The van der Waals surface area contributed by atoms with Crippen LogP contribution in [0.15, 0.2) is 42.5 Å². The number of carbonyl (C=O) groups excluding carboxylic acids is 1. The summed E-state index contributed by atoms with van der Waals surface area (Å²) in [6, 6.07) is 11.1. The van der Waals surface area contributed by atoms with Crippen molar-refractivity contribution in [1.82, 2.24) is 0 Å². The molecule has 0 N–H and O–H groups in total. The van der Waals surface area contributed by atoms with E-state index >= 15 is 0 Å². The predicted octanol–water partition coefficient (Wildman–Crippen LogP) is 3.85. The average molecular weight is 288 g/mol. The van der Waals surface area contributed by atoms with Crippen molar-refractivity contribution in [3.63, 3.8) is 0 Å². The first-order chi connectivity index (χ1) is 10.0. The molecule has 4 heteroatoms. The molecule has 0 unspecified atom stereocenters. The third-order valence-corrected chi connectivity index (χ3v) is 2.91. The van der Waals surface area contributed by atoms with Gasteiger partial charge in [-0.3, -0.25) is 4.79 Å². The van der Waals surface area contributed by atoms with Gasteiger partial charge in [0.25, 0.3) is 0 Å². The van der Waals surface area contributed by atoms with Crippen molar-refractivity contribution in [3.8, 4) is 11.5 Å². The zero-order chi connectivity index (χ0) is 15.4. The quantitative estimate of drug-likeness (QED) is 0.784. The summed E-state index contributed by atoms with van der Waals surface area (Å²) >= 11 is 0. The summed E-state index contributed by atoms with van der Waals surface area (Å²) in [4.78, 5) is 12.6. The largest absolute Gasteiger partial charge is 0.494 e. The number of hydrogen-bond acceptors (Lipinski definition) is 3. The fourth-order valence-corrected chi connectivity index (χ4v) is 1.97. The van der Waals surface area contributed by atoms with Crippen molar-refractivity contribution in [3.05, 3.63) is 59.4 Å². The summed E-state index contributed by atoms with van der Waals surface area (Å²) in [5, 5.41) is 0. The van der Waals surface area contributed by atoms with Crippen LogP contribution in [0.2, 0.25) is 0 Å². The Hall–Kier alpha value is -2.36. The van der Waals surface area contributed by atoms with E-state index in [0.29, 0.717) is 16.9 Å². The number of carbonyl (C=O) groups is 1. The fraction of sp³-hybridized carbons (Fsp3) is 0.235. The van der Waals surface area contributed by atoms with Crippen LogP contribution in [-0.2, 0) is 0 Å². The van der Waals surface area contributed by atoms with Crippen molar-refractivity contribution in [2.45, 2.75) is 20.0 Å². The lowest BCUT2D eigenvalue weighted by Gasteiger charge is -2.13. The number of para-hydroxylation sites is 1. The van der Waals surface area contributed by atoms with Crippen LogP contribution < -0.4 is 9.47 Å². The van der Waals surface area contributed by atoms with E-state index in [1.807, 2.05) is 13.8 Å². The maximum Gasteiger partial charge on any atom is 0.196 e.